The molecule has 0 fully saturated rings. The Morgan fingerprint density at radius 2 is 1.75 bits per heavy atom. The molecule has 0 amide bonds. The van der Waals surface area contributed by atoms with Crippen LogP contribution in [-0.2, 0) is 6.54 Å². The van der Waals surface area contributed by atoms with E-state index in [0.29, 0.717) is 6.54 Å². The third-order valence-corrected chi connectivity index (χ3v) is 3.96. The molecular formula is C19H31IN4. The summed E-state index contributed by atoms with van der Waals surface area (Å²) in [5.74, 6) is 0.913. The van der Waals surface area contributed by atoms with Gasteiger partial charge in [-0.3, -0.25) is 0 Å². The zero-order chi connectivity index (χ0) is 16.3. The van der Waals surface area contributed by atoms with Crippen LogP contribution in [0.4, 0.5) is 5.69 Å². The minimum atomic E-state index is 0. The standard InChI is InChI=1S/C19H30N4.HI/c1-3-5-6-13-21-19(20-4-2)22-16-17-9-11-18(12-10-17)23-14-7-8-15-23;/h7-12H,3-6,13-16H2,1-2H3,(H2,20,21,22);1H. The van der Waals surface area contributed by atoms with Gasteiger partial charge in [-0.05, 0) is 31.0 Å². The van der Waals surface area contributed by atoms with Crippen molar-refractivity contribution in [3.05, 3.63) is 42.0 Å². The predicted octanol–water partition coefficient (Wildman–Crippen LogP) is 3.93. The number of anilines is 1. The summed E-state index contributed by atoms with van der Waals surface area (Å²) in [7, 11) is 0. The van der Waals surface area contributed by atoms with E-state index in [1.54, 1.807) is 0 Å². The van der Waals surface area contributed by atoms with Crippen molar-refractivity contribution >= 4 is 35.6 Å². The first-order valence-electron chi connectivity index (χ1n) is 8.84. The van der Waals surface area contributed by atoms with Gasteiger partial charge in [0.05, 0.1) is 6.54 Å². The van der Waals surface area contributed by atoms with Crippen molar-refractivity contribution in [2.45, 2.75) is 39.7 Å². The Morgan fingerprint density at radius 3 is 2.38 bits per heavy atom. The van der Waals surface area contributed by atoms with Gasteiger partial charge in [-0.15, -0.1) is 24.0 Å². The van der Waals surface area contributed by atoms with E-state index in [4.69, 9.17) is 0 Å². The molecule has 4 nitrogen and oxygen atoms in total. The summed E-state index contributed by atoms with van der Waals surface area (Å²) < 4.78 is 0. The molecule has 5 heteroatoms. The monoisotopic (exact) mass is 442 g/mol. The normalized spacial score (nSPS) is 13.8. The first-order valence-corrected chi connectivity index (χ1v) is 8.84. The number of guanidine groups is 1. The smallest absolute Gasteiger partial charge is 0.191 e. The van der Waals surface area contributed by atoms with Gasteiger partial charge in [-0.25, -0.2) is 4.99 Å². The maximum absolute atomic E-state index is 4.68. The highest BCUT2D eigenvalue weighted by molar-refractivity contribution is 14.0. The minimum absolute atomic E-state index is 0. The molecule has 1 aliphatic rings. The summed E-state index contributed by atoms with van der Waals surface area (Å²) >= 11 is 0. The summed E-state index contributed by atoms with van der Waals surface area (Å²) in [6.07, 6.45) is 8.13. The number of unbranched alkanes of at least 4 members (excludes halogenated alkanes) is 2. The van der Waals surface area contributed by atoms with Crippen LogP contribution >= 0.6 is 24.0 Å². The van der Waals surface area contributed by atoms with Crippen LogP contribution in [0, 0.1) is 0 Å². The van der Waals surface area contributed by atoms with Crippen LogP contribution in [0.2, 0.25) is 0 Å². The summed E-state index contributed by atoms with van der Waals surface area (Å²) in [6, 6.07) is 8.74. The lowest BCUT2D eigenvalue weighted by molar-refractivity contribution is 0.683. The lowest BCUT2D eigenvalue weighted by Gasteiger charge is -2.17. The average molecular weight is 442 g/mol. The first kappa shape index (κ1) is 20.8. The topological polar surface area (TPSA) is 39.7 Å². The maximum atomic E-state index is 4.68. The van der Waals surface area contributed by atoms with Crippen LogP contribution in [-0.4, -0.2) is 32.1 Å². The highest BCUT2D eigenvalue weighted by atomic mass is 127. The van der Waals surface area contributed by atoms with Crippen LogP contribution in [0.25, 0.3) is 0 Å². The molecule has 134 valence electrons. The van der Waals surface area contributed by atoms with Crippen molar-refractivity contribution in [1.29, 1.82) is 0 Å². The summed E-state index contributed by atoms with van der Waals surface area (Å²) in [5.41, 5.74) is 2.53. The molecule has 24 heavy (non-hydrogen) atoms. The molecule has 1 aromatic rings. The molecule has 0 aliphatic carbocycles. The Bertz CT molecular complexity index is 503. The van der Waals surface area contributed by atoms with Gasteiger partial charge in [0.2, 0.25) is 0 Å². The van der Waals surface area contributed by atoms with E-state index in [1.807, 2.05) is 0 Å². The molecule has 0 bridgehead atoms. The van der Waals surface area contributed by atoms with Crippen LogP contribution < -0.4 is 15.5 Å². The second-order valence-corrected chi connectivity index (χ2v) is 5.87. The van der Waals surface area contributed by atoms with Crippen molar-refractivity contribution in [2.24, 2.45) is 4.99 Å². The van der Waals surface area contributed by atoms with Crippen molar-refractivity contribution < 1.29 is 0 Å². The maximum Gasteiger partial charge on any atom is 0.191 e. The number of hydrogen-bond acceptors (Lipinski definition) is 2. The highest BCUT2D eigenvalue weighted by Gasteiger charge is 2.06. The SMILES string of the molecule is CCCCCNC(=NCc1ccc(N2CC=CC2)cc1)NCC.I. The number of aliphatic imine (C=N–C) groups is 1. The lowest BCUT2D eigenvalue weighted by Crippen LogP contribution is -2.37. The van der Waals surface area contributed by atoms with Crippen LogP contribution in [0.3, 0.4) is 0 Å². The molecule has 0 spiro atoms. The number of hydrogen-bond donors (Lipinski definition) is 2. The average Bonchev–Trinajstić information content (AvgIpc) is 3.11. The molecule has 0 unspecified atom stereocenters. The van der Waals surface area contributed by atoms with Gasteiger partial charge >= 0.3 is 0 Å². The van der Waals surface area contributed by atoms with E-state index in [2.05, 4.69) is 70.8 Å². The molecule has 1 heterocycles. The molecule has 1 aromatic carbocycles. The van der Waals surface area contributed by atoms with Crippen molar-refractivity contribution in [1.82, 2.24) is 10.6 Å². The Hall–Kier alpha value is -1.24. The quantitative estimate of drug-likeness (QED) is 0.211. The van der Waals surface area contributed by atoms with E-state index in [1.165, 1.54) is 30.5 Å². The Balaban J connectivity index is 0.00000288. The Kier molecular flexibility index (Phi) is 10.5. The molecule has 0 saturated heterocycles. The molecule has 0 atom stereocenters. The summed E-state index contributed by atoms with van der Waals surface area (Å²) in [5, 5.41) is 6.71. The highest BCUT2D eigenvalue weighted by Crippen LogP contribution is 2.17. The van der Waals surface area contributed by atoms with Gasteiger partial charge in [-0.1, -0.05) is 44.1 Å². The predicted molar refractivity (Wildman–Crippen MR) is 116 cm³/mol. The third kappa shape index (κ3) is 7.11. The molecule has 2 rings (SSSR count). The lowest BCUT2D eigenvalue weighted by atomic mass is 10.2. The van der Waals surface area contributed by atoms with E-state index < -0.39 is 0 Å². The molecule has 0 radical (unpaired) electrons. The zero-order valence-corrected chi connectivity index (χ0v) is 17.3. The van der Waals surface area contributed by atoms with E-state index in [9.17, 15) is 0 Å². The van der Waals surface area contributed by atoms with Crippen LogP contribution in [0.5, 0.6) is 0 Å². The molecule has 0 aromatic heterocycles. The van der Waals surface area contributed by atoms with Gasteiger partial charge in [0.15, 0.2) is 5.96 Å². The number of nitrogens with one attached hydrogen (secondary N) is 2. The molecular weight excluding hydrogens is 411 g/mol. The first-order chi connectivity index (χ1) is 11.3. The van der Waals surface area contributed by atoms with Gasteiger partial charge in [0.25, 0.3) is 0 Å². The van der Waals surface area contributed by atoms with E-state index in [-0.39, 0.29) is 24.0 Å². The van der Waals surface area contributed by atoms with Gasteiger partial charge in [0.1, 0.15) is 0 Å². The second kappa shape index (κ2) is 12.2. The molecule has 0 saturated carbocycles. The van der Waals surface area contributed by atoms with Gasteiger partial charge in [0, 0.05) is 31.9 Å². The fourth-order valence-corrected chi connectivity index (χ4v) is 2.59. The Labute approximate surface area is 163 Å². The number of halogens is 1. The van der Waals surface area contributed by atoms with Gasteiger partial charge in [-0.2, -0.15) is 0 Å². The van der Waals surface area contributed by atoms with Crippen LogP contribution in [0.15, 0.2) is 41.4 Å². The fraction of sp³-hybridized carbons (Fsp3) is 0.526. The zero-order valence-electron chi connectivity index (χ0n) is 14.9. The second-order valence-electron chi connectivity index (χ2n) is 5.87. The van der Waals surface area contributed by atoms with E-state index >= 15 is 0 Å². The third-order valence-electron chi connectivity index (χ3n) is 3.96. The number of benzene rings is 1. The largest absolute Gasteiger partial charge is 0.364 e. The van der Waals surface area contributed by atoms with Crippen molar-refractivity contribution in [2.75, 3.05) is 31.1 Å². The number of rotatable bonds is 8. The summed E-state index contributed by atoms with van der Waals surface area (Å²) in [6.45, 7) is 8.94. The van der Waals surface area contributed by atoms with Crippen molar-refractivity contribution in [3.8, 4) is 0 Å². The molecule has 2 N–H and O–H groups in total. The fourth-order valence-electron chi connectivity index (χ4n) is 2.59. The van der Waals surface area contributed by atoms with E-state index in [0.717, 1.165) is 32.1 Å². The number of nitrogens with zero attached hydrogens (tertiary/aromatic N) is 2. The summed E-state index contributed by atoms with van der Waals surface area (Å²) in [4.78, 5) is 7.03. The molecule has 1 aliphatic heterocycles. The van der Waals surface area contributed by atoms with Crippen molar-refractivity contribution in [3.63, 3.8) is 0 Å². The van der Waals surface area contributed by atoms with Crippen LogP contribution in [0.1, 0.15) is 38.7 Å². The van der Waals surface area contributed by atoms with Gasteiger partial charge < -0.3 is 15.5 Å². The minimum Gasteiger partial charge on any atom is -0.364 e. The Morgan fingerprint density at radius 1 is 1.04 bits per heavy atom.